The van der Waals surface area contributed by atoms with Crippen LogP contribution in [0.2, 0.25) is 0 Å². The summed E-state index contributed by atoms with van der Waals surface area (Å²) in [4.78, 5) is 0. The zero-order chi connectivity index (χ0) is 11.7. The maximum atomic E-state index is 3.69. The van der Waals surface area contributed by atoms with E-state index in [4.69, 9.17) is 0 Å². The molecule has 3 heteroatoms. The van der Waals surface area contributed by atoms with Crippen LogP contribution in [0.25, 0.3) is 0 Å². The van der Waals surface area contributed by atoms with Crippen molar-refractivity contribution < 1.29 is 0 Å². The molecule has 0 bridgehead atoms. The van der Waals surface area contributed by atoms with Crippen LogP contribution in [0.4, 0.5) is 0 Å². The Hall–Kier alpha value is 0.140. The summed E-state index contributed by atoms with van der Waals surface area (Å²) in [7, 11) is 0. The van der Waals surface area contributed by atoms with E-state index in [1.54, 1.807) is 0 Å². The Morgan fingerprint density at radius 2 is 1.81 bits per heavy atom. The second-order valence-corrected chi connectivity index (χ2v) is 6.15. The Balaban J connectivity index is 2.51. The zero-order valence-electron chi connectivity index (χ0n) is 9.69. The summed E-state index contributed by atoms with van der Waals surface area (Å²) in [5, 5.41) is 3.58. The smallest absolute Gasteiger partial charge is 0.0334 e. The molecule has 0 aromatic heterocycles. The lowest BCUT2D eigenvalue weighted by molar-refractivity contribution is 0.438. The Kier molecular flexibility index (Phi) is 4.09. The van der Waals surface area contributed by atoms with Crippen LogP contribution in [0.5, 0.6) is 0 Å². The largest absolute Gasteiger partial charge is 0.310 e. The van der Waals surface area contributed by atoms with E-state index in [-0.39, 0.29) is 0 Å². The van der Waals surface area contributed by atoms with Gasteiger partial charge in [0, 0.05) is 15.0 Å². The molecule has 0 saturated heterocycles. The lowest BCUT2D eigenvalue weighted by Crippen LogP contribution is -2.26. The van der Waals surface area contributed by atoms with Crippen LogP contribution < -0.4 is 5.32 Å². The fraction of sp³-hybridized carbons (Fsp3) is 0.538. The molecule has 16 heavy (non-hydrogen) atoms. The van der Waals surface area contributed by atoms with E-state index >= 15 is 0 Å². The summed E-state index contributed by atoms with van der Waals surface area (Å²) in [6, 6.07) is 4.79. The Labute approximate surface area is 114 Å². The highest BCUT2D eigenvalue weighted by molar-refractivity contribution is 9.11. The molecule has 0 amide bonds. The molecule has 2 atom stereocenters. The molecule has 0 aliphatic heterocycles. The van der Waals surface area contributed by atoms with Gasteiger partial charge < -0.3 is 5.32 Å². The van der Waals surface area contributed by atoms with Crippen LogP contribution in [-0.4, -0.2) is 6.54 Å². The van der Waals surface area contributed by atoms with E-state index in [1.165, 1.54) is 32.9 Å². The van der Waals surface area contributed by atoms with Crippen LogP contribution in [-0.2, 0) is 0 Å². The number of halogens is 2. The summed E-state index contributed by atoms with van der Waals surface area (Å²) in [5.41, 5.74) is 2.93. The molecule has 0 heterocycles. The molecule has 0 fully saturated rings. The van der Waals surface area contributed by atoms with Crippen LogP contribution in [0.15, 0.2) is 21.1 Å². The maximum absolute atomic E-state index is 3.69. The molecule has 2 unspecified atom stereocenters. The third-order valence-electron chi connectivity index (χ3n) is 3.36. The molecule has 88 valence electrons. The molecule has 0 radical (unpaired) electrons. The Morgan fingerprint density at radius 1 is 1.19 bits per heavy atom. The van der Waals surface area contributed by atoms with Crippen molar-refractivity contribution >= 4 is 31.9 Å². The molecular formula is C13H17Br2N. The monoisotopic (exact) mass is 345 g/mol. The van der Waals surface area contributed by atoms with Gasteiger partial charge in [-0.3, -0.25) is 0 Å². The van der Waals surface area contributed by atoms with Gasteiger partial charge in [-0.1, -0.05) is 45.7 Å². The molecule has 1 N–H and O–H groups in total. The second-order valence-electron chi connectivity index (χ2n) is 4.45. The highest BCUT2D eigenvalue weighted by Crippen LogP contribution is 2.44. The van der Waals surface area contributed by atoms with E-state index in [1.807, 2.05) is 0 Å². The van der Waals surface area contributed by atoms with Gasteiger partial charge in [0.05, 0.1) is 0 Å². The molecule has 0 spiro atoms. The average molecular weight is 347 g/mol. The molecule has 0 saturated carbocycles. The predicted octanol–water partition coefficient (Wildman–Crippen LogP) is 4.76. The van der Waals surface area contributed by atoms with Crippen molar-refractivity contribution in [2.45, 2.75) is 38.6 Å². The van der Waals surface area contributed by atoms with Gasteiger partial charge in [-0.15, -0.1) is 0 Å². The Bertz CT molecular complexity index is 390. The number of fused-ring (bicyclic) bond motifs is 1. The Morgan fingerprint density at radius 3 is 2.44 bits per heavy atom. The fourth-order valence-corrected chi connectivity index (χ4v) is 3.95. The third-order valence-corrected chi connectivity index (χ3v) is 4.74. The van der Waals surface area contributed by atoms with Crippen LogP contribution in [0.1, 0.15) is 49.8 Å². The fourth-order valence-electron chi connectivity index (χ4n) is 2.59. The SMILES string of the molecule is CCNC1CCC(C)c2c(Br)ccc(Br)c21. The first-order valence-electron chi connectivity index (χ1n) is 5.86. The lowest BCUT2D eigenvalue weighted by atomic mass is 9.81. The minimum atomic E-state index is 0.503. The summed E-state index contributed by atoms with van der Waals surface area (Å²) in [6.07, 6.45) is 2.50. The second kappa shape index (κ2) is 5.19. The van der Waals surface area contributed by atoms with Gasteiger partial charge in [0.25, 0.3) is 0 Å². The topological polar surface area (TPSA) is 12.0 Å². The average Bonchev–Trinajstić information content (AvgIpc) is 2.26. The van der Waals surface area contributed by atoms with Crippen LogP contribution >= 0.6 is 31.9 Å². The van der Waals surface area contributed by atoms with Gasteiger partial charge in [-0.2, -0.15) is 0 Å². The van der Waals surface area contributed by atoms with Gasteiger partial charge in [0.1, 0.15) is 0 Å². The van der Waals surface area contributed by atoms with Crippen molar-refractivity contribution in [1.29, 1.82) is 0 Å². The van der Waals surface area contributed by atoms with Crippen molar-refractivity contribution in [2.75, 3.05) is 6.54 Å². The molecular weight excluding hydrogens is 330 g/mol. The van der Waals surface area contributed by atoms with Crippen molar-refractivity contribution in [1.82, 2.24) is 5.32 Å². The van der Waals surface area contributed by atoms with Crippen molar-refractivity contribution in [3.63, 3.8) is 0 Å². The highest BCUT2D eigenvalue weighted by atomic mass is 79.9. The number of hydrogen-bond acceptors (Lipinski definition) is 1. The molecule has 1 aromatic carbocycles. The van der Waals surface area contributed by atoms with Gasteiger partial charge >= 0.3 is 0 Å². The minimum Gasteiger partial charge on any atom is -0.310 e. The quantitative estimate of drug-likeness (QED) is 0.814. The van der Waals surface area contributed by atoms with Crippen LogP contribution in [0.3, 0.4) is 0 Å². The zero-order valence-corrected chi connectivity index (χ0v) is 12.9. The summed E-state index contributed by atoms with van der Waals surface area (Å²) >= 11 is 7.38. The van der Waals surface area contributed by atoms with Gasteiger partial charge in [-0.25, -0.2) is 0 Å². The summed E-state index contributed by atoms with van der Waals surface area (Å²) < 4.78 is 2.49. The van der Waals surface area contributed by atoms with Crippen molar-refractivity contribution in [3.8, 4) is 0 Å². The number of nitrogens with one attached hydrogen (secondary N) is 1. The molecule has 1 aromatic rings. The molecule has 1 aliphatic carbocycles. The van der Waals surface area contributed by atoms with E-state index in [2.05, 4.69) is 63.2 Å². The first-order valence-corrected chi connectivity index (χ1v) is 7.45. The lowest BCUT2D eigenvalue weighted by Gasteiger charge is -2.32. The first kappa shape index (κ1) is 12.6. The van der Waals surface area contributed by atoms with E-state index in [0.29, 0.717) is 12.0 Å². The van der Waals surface area contributed by atoms with E-state index < -0.39 is 0 Å². The number of hydrogen-bond donors (Lipinski definition) is 1. The summed E-state index contributed by atoms with van der Waals surface area (Å²) in [6.45, 7) is 5.51. The summed E-state index contributed by atoms with van der Waals surface area (Å²) in [5.74, 6) is 0.650. The third kappa shape index (κ3) is 2.22. The number of rotatable bonds is 2. The van der Waals surface area contributed by atoms with Crippen molar-refractivity contribution in [3.05, 3.63) is 32.2 Å². The molecule has 2 rings (SSSR count). The minimum absolute atomic E-state index is 0.503. The number of benzene rings is 1. The van der Waals surface area contributed by atoms with E-state index in [9.17, 15) is 0 Å². The van der Waals surface area contributed by atoms with Crippen LogP contribution in [0, 0.1) is 0 Å². The van der Waals surface area contributed by atoms with Gasteiger partial charge in [-0.05, 0) is 48.6 Å². The van der Waals surface area contributed by atoms with Gasteiger partial charge in [0.2, 0.25) is 0 Å². The molecule has 1 aliphatic rings. The van der Waals surface area contributed by atoms with E-state index in [0.717, 1.165) is 6.54 Å². The first-order chi connectivity index (χ1) is 7.65. The molecule has 1 nitrogen and oxygen atoms in total. The van der Waals surface area contributed by atoms with Gasteiger partial charge in [0.15, 0.2) is 0 Å². The highest BCUT2D eigenvalue weighted by Gasteiger charge is 2.27. The normalized spacial score (nSPS) is 24.2. The van der Waals surface area contributed by atoms with Crippen molar-refractivity contribution in [2.24, 2.45) is 0 Å². The standard InChI is InChI=1S/C13H17Br2N/c1-3-16-11-7-4-8(2)12-9(14)5-6-10(15)13(11)12/h5-6,8,11,16H,3-4,7H2,1-2H3. The maximum Gasteiger partial charge on any atom is 0.0334 e. The predicted molar refractivity (Wildman–Crippen MR) is 75.9 cm³/mol.